The molecule has 2 N–H and O–H groups in total. The Bertz CT molecular complexity index is 412. The predicted octanol–water partition coefficient (Wildman–Crippen LogP) is 2.49. The van der Waals surface area contributed by atoms with Gasteiger partial charge in [-0.3, -0.25) is 9.78 Å². The van der Waals surface area contributed by atoms with Crippen LogP contribution in [0.4, 0.5) is 0 Å². The van der Waals surface area contributed by atoms with E-state index in [1.165, 1.54) is 37.7 Å². The monoisotopic (exact) mass is 248 g/mol. The highest BCUT2D eigenvalue weighted by Gasteiger charge is 2.21. The third-order valence-electron chi connectivity index (χ3n) is 3.75. The molecule has 18 heavy (non-hydrogen) atoms. The number of hydrogen-bond acceptors (Lipinski definition) is 3. The molecule has 0 spiro atoms. The summed E-state index contributed by atoms with van der Waals surface area (Å²) in [5, 5.41) is 12.3. The van der Waals surface area contributed by atoms with Crippen LogP contribution in [0.15, 0.2) is 18.5 Å². The topological polar surface area (TPSA) is 62.2 Å². The van der Waals surface area contributed by atoms with Crippen LogP contribution in [0, 0.1) is 5.92 Å². The number of aromatic hydroxyl groups is 1. The summed E-state index contributed by atoms with van der Waals surface area (Å²) in [7, 11) is 0. The van der Waals surface area contributed by atoms with Gasteiger partial charge in [0.05, 0.1) is 11.8 Å². The van der Waals surface area contributed by atoms with Crippen LogP contribution in [0.2, 0.25) is 0 Å². The first-order chi connectivity index (χ1) is 8.69. The van der Waals surface area contributed by atoms with Crippen LogP contribution in [0.1, 0.15) is 49.4 Å². The first-order valence-electron chi connectivity index (χ1n) is 6.64. The maximum absolute atomic E-state index is 12.0. The van der Waals surface area contributed by atoms with Crippen molar-refractivity contribution in [2.45, 2.75) is 45.1 Å². The molecule has 0 aromatic carbocycles. The Hall–Kier alpha value is -1.58. The highest BCUT2D eigenvalue weighted by atomic mass is 16.3. The third kappa shape index (κ3) is 3.22. The fourth-order valence-corrected chi connectivity index (χ4v) is 2.54. The van der Waals surface area contributed by atoms with Gasteiger partial charge in [0, 0.05) is 12.2 Å². The van der Waals surface area contributed by atoms with E-state index in [-0.39, 0.29) is 17.7 Å². The van der Waals surface area contributed by atoms with Crippen LogP contribution in [0.5, 0.6) is 5.75 Å². The quantitative estimate of drug-likeness (QED) is 0.863. The number of pyridine rings is 1. The molecule has 0 bridgehead atoms. The summed E-state index contributed by atoms with van der Waals surface area (Å²) in [5.74, 6) is 0.705. The molecule has 0 radical (unpaired) electrons. The van der Waals surface area contributed by atoms with Gasteiger partial charge in [0.25, 0.3) is 5.91 Å². The second-order valence-electron chi connectivity index (χ2n) is 5.03. The Labute approximate surface area is 107 Å². The molecule has 1 amide bonds. The van der Waals surface area contributed by atoms with E-state index in [1.807, 2.05) is 0 Å². The summed E-state index contributed by atoms with van der Waals surface area (Å²) in [6, 6.07) is 1.71. The van der Waals surface area contributed by atoms with Crippen molar-refractivity contribution in [3.05, 3.63) is 24.0 Å². The molecule has 1 aromatic rings. The summed E-state index contributed by atoms with van der Waals surface area (Å²) in [6.45, 7) is 2.22. The lowest BCUT2D eigenvalue weighted by Gasteiger charge is -2.28. The average molecular weight is 248 g/mol. The zero-order valence-electron chi connectivity index (χ0n) is 10.7. The predicted molar refractivity (Wildman–Crippen MR) is 69.4 cm³/mol. The highest BCUT2D eigenvalue weighted by molar-refractivity contribution is 5.94. The van der Waals surface area contributed by atoms with Crippen LogP contribution in [0.25, 0.3) is 0 Å². The zero-order chi connectivity index (χ0) is 13.0. The Morgan fingerprint density at radius 1 is 1.39 bits per heavy atom. The van der Waals surface area contributed by atoms with Gasteiger partial charge >= 0.3 is 0 Å². The lowest BCUT2D eigenvalue weighted by molar-refractivity contribution is 0.0921. The van der Waals surface area contributed by atoms with Crippen LogP contribution in [-0.2, 0) is 0 Å². The summed E-state index contributed by atoms with van der Waals surface area (Å²) in [4.78, 5) is 15.8. The minimum Gasteiger partial charge on any atom is -0.506 e. The van der Waals surface area contributed by atoms with E-state index in [0.29, 0.717) is 5.56 Å². The Kier molecular flexibility index (Phi) is 4.18. The van der Waals surface area contributed by atoms with Gasteiger partial charge in [-0.2, -0.15) is 0 Å². The number of aromatic nitrogens is 1. The van der Waals surface area contributed by atoms with Crippen molar-refractivity contribution in [2.75, 3.05) is 0 Å². The van der Waals surface area contributed by atoms with Crippen molar-refractivity contribution in [1.82, 2.24) is 10.3 Å². The van der Waals surface area contributed by atoms with Crippen molar-refractivity contribution >= 4 is 5.91 Å². The first-order valence-corrected chi connectivity index (χ1v) is 6.64. The minimum absolute atomic E-state index is 0.0253. The zero-order valence-corrected chi connectivity index (χ0v) is 10.7. The summed E-state index contributed by atoms with van der Waals surface area (Å²) in [6.07, 6.45) is 8.53. The van der Waals surface area contributed by atoms with E-state index in [1.54, 1.807) is 0 Å². The molecule has 1 fully saturated rings. The van der Waals surface area contributed by atoms with E-state index < -0.39 is 0 Å². The van der Waals surface area contributed by atoms with Crippen LogP contribution < -0.4 is 5.32 Å². The molecule has 0 saturated heterocycles. The summed E-state index contributed by atoms with van der Waals surface area (Å²) in [5.41, 5.74) is 0.424. The van der Waals surface area contributed by atoms with Crippen molar-refractivity contribution < 1.29 is 9.90 Å². The van der Waals surface area contributed by atoms with Crippen molar-refractivity contribution in [3.63, 3.8) is 0 Å². The number of hydrogen-bond donors (Lipinski definition) is 2. The number of nitrogens with one attached hydrogen (secondary N) is 1. The fourth-order valence-electron chi connectivity index (χ4n) is 2.54. The Balaban J connectivity index is 1.89. The average Bonchev–Trinajstić information content (AvgIpc) is 2.39. The van der Waals surface area contributed by atoms with Crippen molar-refractivity contribution in [2.24, 2.45) is 5.92 Å². The van der Waals surface area contributed by atoms with Crippen molar-refractivity contribution in [1.29, 1.82) is 0 Å². The molecule has 1 aliphatic carbocycles. The largest absolute Gasteiger partial charge is 0.506 e. The van der Waals surface area contributed by atoms with Gasteiger partial charge in [0.1, 0.15) is 5.75 Å². The molecule has 1 heterocycles. The van der Waals surface area contributed by atoms with E-state index in [4.69, 9.17) is 0 Å². The second-order valence-corrected chi connectivity index (χ2v) is 5.03. The number of carbonyl (C=O) groups is 1. The molecule has 0 unspecified atom stereocenters. The Morgan fingerprint density at radius 2 is 2.11 bits per heavy atom. The molecule has 0 aliphatic heterocycles. The lowest BCUT2D eigenvalue weighted by Crippen LogP contribution is -2.37. The fraction of sp³-hybridized carbons (Fsp3) is 0.571. The third-order valence-corrected chi connectivity index (χ3v) is 3.75. The number of amides is 1. The number of rotatable bonds is 3. The minimum atomic E-state index is -0.140. The first kappa shape index (κ1) is 12.9. The van der Waals surface area contributed by atoms with Crippen LogP contribution in [0.3, 0.4) is 0 Å². The summed E-state index contributed by atoms with van der Waals surface area (Å²) >= 11 is 0. The molecule has 1 saturated carbocycles. The molecule has 98 valence electrons. The van der Waals surface area contributed by atoms with Gasteiger partial charge in [-0.15, -0.1) is 0 Å². The molecular formula is C14H20N2O2. The SMILES string of the molecule is CCC1CCC(NC(=O)c2cncc(O)c2)CC1. The van der Waals surface area contributed by atoms with Crippen LogP contribution in [-0.4, -0.2) is 22.0 Å². The van der Waals surface area contributed by atoms with Gasteiger partial charge in [0.15, 0.2) is 0 Å². The molecule has 4 nitrogen and oxygen atoms in total. The maximum atomic E-state index is 12.0. The van der Waals surface area contributed by atoms with E-state index >= 15 is 0 Å². The molecule has 1 aliphatic rings. The molecule has 4 heteroatoms. The van der Waals surface area contributed by atoms with Gasteiger partial charge < -0.3 is 10.4 Å². The van der Waals surface area contributed by atoms with Crippen LogP contribution >= 0.6 is 0 Å². The number of nitrogens with zero attached hydrogens (tertiary/aromatic N) is 1. The molecule has 2 rings (SSSR count). The van der Waals surface area contributed by atoms with Gasteiger partial charge in [-0.1, -0.05) is 13.3 Å². The lowest BCUT2D eigenvalue weighted by atomic mass is 9.84. The van der Waals surface area contributed by atoms with Gasteiger partial charge in [-0.05, 0) is 37.7 Å². The molecule has 1 aromatic heterocycles. The summed E-state index contributed by atoms with van der Waals surface area (Å²) < 4.78 is 0. The second kappa shape index (κ2) is 5.85. The van der Waals surface area contributed by atoms with Gasteiger partial charge in [-0.25, -0.2) is 0 Å². The maximum Gasteiger partial charge on any atom is 0.253 e. The highest BCUT2D eigenvalue weighted by Crippen LogP contribution is 2.26. The smallest absolute Gasteiger partial charge is 0.253 e. The number of carbonyl (C=O) groups excluding carboxylic acids is 1. The standard InChI is InChI=1S/C14H20N2O2/c1-2-10-3-5-12(6-4-10)16-14(18)11-7-13(17)9-15-8-11/h7-10,12,17H,2-6H2,1H3,(H,16,18). The van der Waals surface area contributed by atoms with Gasteiger partial charge in [0.2, 0.25) is 0 Å². The van der Waals surface area contributed by atoms with E-state index in [2.05, 4.69) is 17.2 Å². The molecular weight excluding hydrogens is 228 g/mol. The van der Waals surface area contributed by atoms with E-state index in [9.17, 15) is 9.90 Å². The molecule has 0 atom stereocenters. The van der Waals surface area contributed by atoms with E-state index in [0.717, 1.165) is 18.8 Å². The Morgan fingerprint density at radius 3 is 2.72 bits per heavy atom. The normalized spacial score (nSPS) is 23.6. The van der Waals surface area contributed by atoms with Crippen molar-refractivity contribution in [3.8, 4) is 5.75 Å².